The van der Waals surface area contributed by atoms with Gasteiger partial charge in [-0.3, -0.25) is 4.57 Å². The van der Waals surface area contributed by atoms with E-state index in [2.05, 4.69) is 206 Å². The van der Waals surface area contributed by atoms with Gasteiger partial charge in [-0.15, -0.1) is 0 Å². The van der Waals surface area contributed by atoms with Gasteiger partial charge in [0.25, 0.3) is 0 Å². The summed E-state index contributed by atoms with van der Waals surface area (Å²) >= 11 is 0. The van der Waals surface area contributed by atoms with Gasteiger partial charge in [-0.05, 0) is 124 Å². The zero-order valence-corrected chi connectivity index (χ0v) is 36.4. The van der Waals surface area contributed by atoms with Crippen molar-refractivity contribution >= 4 is 44.6 Å². The van der Waals surface area contributed by atoms with E-state index in [1.165, 1.54) is 50.1 Å². The van der Waals surface area contributed by atoms with Crippen molar-refractivity contribution in [2.45, 2.75) is 111 Å². The van der Waals surface area contributed by atoms with Crippen LogP contribution in [-0.2, 0) is 16.2 Å². The van der Waals surface area contributed by atoms with Gasteiger partial charge in [-0.25, -0.2) is 4.98 Å². The smallest absolute Gasteiger partial charge is 0.137 e. The summed E-state index contributed by atoms with van der Waals surface area (Å²) in [6, 6.07) is 42.5. The second kappa shape index (κ2) is 14.7. The molecule has 0 spiro atoms. The average molecular weight is 769 g/mol. The molecular weight excluding hydrogens is 709 g/mol. The Bertz CT molecular complexity index is 2630. The highest BCUT2D eigenvalue weighted by Crippen LogP contribution is 2.48. The van der Waals surface area contributed by atoms with Crippen LogP contribution in [0.1, 0.15) is 117 Å². The van der Waals surface area contributed by atoms with E-state index in [0.717, 1.165) is 46.9 Å². The van der Waals surface area contributed by atoms with Gasteiger partial charge < -0.3 is 14.5 Å². The van der Waals surface area contributed by atoms with Crippen molar-refractivity contribution in [3.8, 4) is 17.3 Å². The molecule has 2 aromatic heterocycles. The van der Waals surface area contributed by atoms with Crippen molar-refractivity contribution in [3.05, 3.63) is 144 Å². The molecule has 0 N–H and O–H groups in total. The van der Waals surface area contributed by atoms with Gasteiger partial charge in [-0.2, -0.15) is 0 Å². The number of hydrogen-bond donors (Lipinski definition) is 0. The molecule has 0 atom stereocenters. The maximum absolute atomic E-state index is 6.94. The second-order valence-electron chi connectivity index (χ2n) is 19.3. The maximum Gasteiger partial charge on any atom is 0.137 e. The van der Waals surface area contributed by atoms with Crippen LogP contribution in [0, 0.1) is 0 Å². The van der Waals surface area contributed by atoms with E-state index in [0.29, 0.717) is 12.6 Å². The molecule has 0 aliphatic carbocycles. The van der Waals surface area contributed by atoms with Crippen LogP contribution < -0.4 is 14.5 Å². The van der Waals surface area contributed by atoms with Gasteiger partial charge >= 0.3 is 0 Å². The number of anilines is 4. The Morgan fingerprint density at radius 1 is 0.552 bits per heavy atom. The van der Waals surface area contributed by atoms with Crippen LogP contribution in [0.2, 0.25) is 0 Å². The molecule has 0 bridgehead atoms. The van der Waals surface area contributed by atoms with Crippen LogP contribution in [-0.4, -0.2) is 16.2 Å². The number of hydrogen-bond acceptors (Lipinski definition) is 4. The van der Waals surface area contributed by atoms with E-state index in [-0.39, 0.29) is 16.2 Å². The molecule has 5 aromatic carbocycles. The van der Waals surface area contributed by atoms with Crippen molar-refractivity contribution in [1.82, 2.24) is 9.55 Å². The minimum Gasteiger partial charge on any atom is -0.457 e. The van der Waals surface area contributed by atoms with Crippen molar-refractivity contribution in [3.63, 3.8) is 0 Å². The fourth-order valence-corrected chi connectivity index (χ4v) is 8.51. The Labute approximate surface area is 346 Å². The summed E-state index contributed by atoms with van der Waals surface area (Å²) in [5.74, 6) is 3.06. The standard InChI is InChI=1S/C53H60N4O/c1-12-35(13-2)36-17-16-18-40(27-36)55-34-56(47-24-21-37(30-49(47)55)51(3,4)5)41-28-39(53(9,10)11)29-43(32-41)58-42-22-23-45-44-19-14-15-20-46(44)57(48(45)33-42)50-31-38(25-26-54-50)52(6,7)8/h14-33,35H,12-13,34H2,1-11H3. The van der Waals surface area contributed by atoms with Crippen molar-refractivity contribution in [1.29, 1.82) is 0 Å². The summed E-state index contributed by atoms with van der Waals surface area (Å²) in [4.78, 5) is 9.86. The zero-order valence-electron chi connectivity index (χ0n) is 36.4. The molecule has 0 fully saturated rings. The molecule has 0 saturated carbocycles. The third kappa shape index (κ3) is 7.36. The van der Waals surface area contributed by atoms with Gasteiger partial charge in [0.15, 0.2) is 0 Å². The van der Waals surface area contributed by atoms with Crippen LogP contribution >= 0.6 is 0 Å². The first-order valence-electron chi connectivity index (χ1n) is 21.2. The van der Waals surface area contributed by atoms with Gasteiger partial charge in [-0.1, -0.05) is 113 Å². The molecule has 58 heavy (non-hydrogen) atoms. The van der Waals surface area contributed by atoms with E-state index in [1.54, 1.807) is 0 Å². The normalized spacial score (nSPS) is 13.6. The Morgan fingerprint density at radius 2 is 1.24 bits per heavy atom. The predicted molar refractivity (Wildman–Crippen MR) is 247 cm³/mol. The summed E-state index contributed by atoms with van der Waals surface area (Å²) in [7, 11) is 0. The molecule has 3 heterocycles. The quantitative estimate of drug-likeness (QED) is 0.154. The number of fused-ring (bicyclic) bond motifs is 4. The summed E-state index contributed by atoms with van der Waals surface area (Å²) in [5.41, 5.74) is 12.1. The van der Waals surface area contributed by atoms with Crippen molar-refractivity contribution in [2.75, 3.05) is 16.5 Å². The Morgan fingerprint density at radius 3 is 1.97 bits per heavy atom. The zero-order chi connectivity index (χ0) is 41.1. The monoisotopic (exact) mass is 768 g/mol. The molecule has 5 heteroatoms. The lowest BCUT2D eigenvalue weighted by Crippen LogP contribution is -2.24. The Hall–Kier alpha value is -5.55. The van der Waals surface area contributed by atoms with Crippen LogP contribution in [0.4, 0.5) is 22.7 Å². The molecule has 0 unspecified atom stereocenters. The van der Waals surface area contributed by atoms with Crippen LogP contribution in [0.25, 0.3) is 27.6 Å². The predicted octanol–water partition coefficient (Wildman–Crippen LogP) is 15.0. The third-order valence-electron chi connectivity index (χ3n) is 12.1. The van der Waals surface area contributed by atoms with Crippen LogP contribution in [0.3, 0.4) is 0 Å². The van der Waals surface area contributed by atoms with Crippen LogP contribution in [0.5, 0.6) is 11.5 Å². The molecule has 8 rings (SSSR count). The molecule has 0 amide bonds. The second-order valence-corrected chi connectivity index (χ2v) is 19.3. The minimum atomic E-state index is -0.101. The summed E-state index contributed by atoms with van der Waals surface area (Å²) < 4.78 is 9.22. The van der Waals surface area contributed by atoms with Crippen molar-refractivity contribution in [2.24, 2.45) is 0 Å². The van der Waals surface area contributed by atoms with Gasteiger partial charge in [0.2, 0.25) is 0 Å². The molecular formula is C53H60N4O. The Balaban J connectivity index is 1.23. The number of pyridine rings is 1. The van der Waals surface area contributed by atoms with E-state index < -0.39 is 0 Å². The molecule has 0 radical (unpaired) electrons. The van der Waals surface area contributed by atoms with Gasteiger partial charge in [0.05, 0.1) is 22.4 Å². The largest absolute Gasteiger partial charge is 0.457 e. The van der Waals surface area contributed by atoms with Gasteiger partial charge in [0.1, 0.15) is 24.0 Å². The van der Waals surface area contributed by atoms with Crippen molar-refractivity contribution < 1.29 is 4.74 Å². The number of aromatic nitrogens is 2. The summed E-state index contributed by atoms with van der Waals surface area (Å²) in [6.45, 7) is 25.8. The minimum absolute atomic E-state index is 0.000518. The number of benzene rings is 5. The number of rotatable bonds is 8. The molecule has 5 nitrogen and oxygen atoms in total. The first kappa shape index (κ1) is 39.3. The molecule has 1 aliphatic rings. The first-order chi connectivity index (χ1) is 27.5. The fourth-order valence-electron chi connectivity index (χ4n) is 8.51. The highest BCUT2D eigenvalue weighted by molar-refractivity contribution is 6.09. The van der Waals surface area contributed by atoms with E-state index in [1.807, 2.05) is 6.20 Å². The summed E-state index contributed by atoms with van der Waals surface area (Å²) in [5, 5.41) is 2.37. The third-order valence-corrected chi connectivity index (χ3v) is 12.1. The SMILES string of the molecule is CCC(CC)c1cccc(N2CN(c3cc(Oc4ccc5c6ccccc6n(-c6cc(C(C)(C)C)ccn6)c5c4)cc(C(C)(C)C)c3)c3ccc(C(C)(C)C)cc32)c1. The average Bonchev–Trinajstić information content (AvgIpc) is 3.73. The molecule has 0 saturated heterocycles. The highest BCUT2D eigenvalue weighted by Gasteiger charge is 2.31. The van der Waals surface area contributed by atoms with E-state index in [4.69, 9.17) is 9.72 Å². The molecule has 298 valence electrons. The maximum atomic E-state index is 6.94. The number of nitrogens with zero attached hydrogens (tertiary/aromatic N) is 4. The topological polar surface area (TPSA) is 33.5 Å². The molecule has 7 aromatic rings. The first-order valence-corrected chi connectivity index (χ1v) is 21.2. The number of para-hydroxylation sites is 1. The highest BCUT2D eigenvalue weighted by atomic mass is 16.5. The van der Waals surface area contributed by atoms with Gasteiger partial charge in [0, 0.05) is 40.5 Å². The summed E-state index contributed by atoms with van der Waals surface area (Å²) in [6.07, 6.45) is 4.20. The lowest BCUT2D eigenvalue weighted by molar-refractivity contribution is 0.479. The lowest BCUT2D eigenvalue weighted by Gasteiger charge is -2.26. The number of ether oxygens (including phenoxy) is 1. The lowest BCUT2D eigenvalue weighted by atomic mass is 9.86. The fraction of sp³-hybridized carbons (Fsp3) is 0.340. The van der Waals surface area contributed by atoms with E-state index >= 15 is 0 Å². The Kier molecular flexibility index (Phi) is 9.94. The molecule has 1 aliphatic heterocycles. The van der Waals surface area contributed by atoms with Crippen LogP contribution in [0.15, 0.2) is 121 Å². The van der Waals surface area contributed by atoms with E-state index in [9.17, 15) is 0 Å².